The van der Waals surface area contributed by atoms with Gasteiger partial charge in [-0.3, -0.25) is 0 Å². The molecule has 0 saturated heterocycles. The predicted molar refractivity (Wildman–Crippen MR) is 107 cm³/mol. The Kier molecular flexibility index (Phi) is 12.7. The van der Waals surface area contributed by atoms with Gasteiger partial charge in [0.05, 0.1) is 20.2 Å². The molecular formula is C18H28CuN2O6S2. The van der Waals surface area contributed by atoms with Gasteiger partial charge in [-0.25, -0.2) is 16.8 Å². The zero-order valence-electron chi connectivity index (χ0n) is 16.6. The van der Waals surface area contributed by atoms with Gasteiger partial charge in [-0.15, -0.1) is 0 Å². The van der Waals surface area contributed by atoms with Gasteiger partial charge in [-0.1, -0.05) is 24.3 Å². The summed E-state index contributed by atoms with van der Waals surface area (Å²) in [5.74, 6) is -0.555. The summed E-state index contributed by atoms with van der Waals surface area (Å²) in [5, 5.41) is 0. The Bertz CT molecular complexity index is 762. The maximum Gasteiger partial charge on any atom is 2.00 e. The second-order valence-corrected chi connectivity index (χ2v) is 9.64. The van der Waals surface area contributed by atoms with Crippen LogP contribution in [0.3, 0.4) is 0 Å². The monoisotopic (exact) mass is 495 g/mol. The third kappa shape index (κ3) is 13.7. The molecule has 0 atom stereocenters. The molecule has 0 aromatic heterocycles. The van der Waals surface area contributed by atoms with Crippen LogP contribution in [0.1, 0.15) is 26.7 Å². The van der Waals surface area contributed by atoms with Crippen LogP contribution in [0.15, 0.2) is 47.9 Å². The SMILES string of the molecule is CC1=CC=CCN1CCCS(=O)(=O)[O-].CC1=CC=CCN1CCCS(=O)(=O)[O-].[Cu+2]. The van der Waals surface area contributed by atoms with E-state index in [2.05, 4.69) is 0 Å². The van der Waals surface area contributed by atoms with Crippen LogP contribution in [0.25, 0.3) is 0 Å². The van der Waals surface area contributed by atoms with Crippen LogP contribution in [-0.4, -0.2) is 73.4 Å². The summed E-state index contributed by atoms with van der Waals surface area (Å²) in [5.41, 5.74) is 2.21. The normalized spacial score (nSPS) is 16.4. The van der Waals surface area contributed by atoms with E-state index >= 15 is 0 Å². The van der Waals surface area contributed by atoms with Crippen molar-refractivity contribution < 1.29 is 43.0 Å². The minimum atomic E-state index is -4.06. The Morgan fingerprint density at radius 1 is 0.793 bits per heavy atom. The van der Waals surface area contributed by atoms with Gasteiger partial charge < -0.3 is 18.9 Å². The Hall–Kier alpha value is -1.10. The van der Waals surface area contributed by atoms with Gasteiger partial charge >= 0.3 is 17.1 Å². The van der Waals surface area contributed by atoms with E-state index in [1.54, 1.807) is 0 Å². The molecule has 0 fully saturated rings. The fourth-order valence-corrected chi connectivity index (χ4v) is 3.65. The fraction of sp³-hybridized carbons (Fsp3) is 0.556. The average Bonchev–Trinajstić information content (AvgIpc) is 2.57. The zero-order chi connectivity index (χ0) is 21.2. The smallest absolute Gasteiger partial charge is 0.748 e. The minimum Gasteiger partial charge on any atom is -0.748 e. The van der Waals surface area contributed by atoms with E-state index in [-0.39, 0.29) is 28.6 Å². The first-order valence-electron chi connectivity index (χ1n) is 9.02. The molecular weight excluding hydrogens is 468 g/mol. The first-order chi connectivity index (χ1) is 13.0. The van der Waals surface area contributed by atoms with Gasteiger partial charge in [0, 0.05) is 49.1 Å². The molecule has 2 aliphatic rings. The molecule has 1 radical (unpaired) electrons. The van der Waals surface area contributed by atoms with Crippen LogP contribution in [0.5, 0.6) is 0 Å². The third-order valence-electron chi connectivity index (χ3n) is 4.24. The standard InChI is InChI=1S/2C9H15NO3S.Cu/c2*1-9-5-2-3-6-10(9)7-4-8-14(11,12)13;/h2*2-3,5H,4,6-8H2,1H3,(H,11,12,13);/q;;+2/p-2. The fourth-order valence-electron chi connectivity index (χ4n) is 2.69. The Morgan fingerprint density at radius 3 is 1.41 bits per heavy atom. The van der Waals surface area contributed by atoms with Crippen molar-refractivity contribution >= 4 is 20.2 Å². The van der Waals surface area contributed by atoms with E-state index in [1.165, 1.54) is 0 Å². The van der Waals surface area contributed by atoms with Gasteiger partial charge in [0.15, 0.2) is 0 Å². The van der Waals surface area contributed by atoms with E-state index in [0.29, 0.717) is 25.9 Å². The van der Waals surface area contributed by atoms with Crippen molar-refractivity contribution in [1.82, 2.24) is 9.80 Å². The molecule has 0 unspecified atom stereocenters. The molecule has 169 valence electrons. The van der Waals surface area contributed by atoms with Gasteiger partial charge in [-0.05, 0) is 38.8 Å². The van der Waals surface area contributed by atoms with Gasteiger partial charge in [0.2, 0.25) is 0 Å². The van der Waals surface area contributed by atoms with Crippen molar-refractivity contribution in [3.05, 3.63) is 47.9 Å². The van der Waals surface area contributed by atoms with Gasteiger partial charge in [-0.2, -0.15) is 0 Å². The Balaban J connectivity index is 0.000000523. The van der Waals surface area contributed by atoms with Crippen LogP contribution in [-0.2, 0) is 37.3 Å². The second-order valence-electron chi connectivity index (χ2n) is 6.60. The molecule has 0 saturated carbocycles. The van der Waals surface area contributed by atoms with Gasteiger partial charge in [0.25, 0.3) is 0 Å². The number of rotatable bonds is 8. The molecule has 0 amide bonds. The molecule has 0 aliphatic carbocycles. The first-order valence-corrected chi connectivity index (χ1v) is 12.2. The molecule has 0 N–H and O–H groups in total. The van der Waals surface area contributed by atoms with E-state index in [9.17, 15) is 25.9 Å². The number of hydrogen-bond acceptors (Lipinski definition) is 8. The predicted octanol–water partition coefficient (Wildman–Crippen LogP) is 1.39. The maximum absolute atomic E-state index is 10.4. The molecule has 2 rings (SSSR count). The van der Waals surface area contributed by atoms with E-state index in [4.69, 9.17) is 0 Å². The molecule has 2 aliphatic heterocycles. The van der Waals surface area contributed by atoms with Crippen molar-refractivity contribution in [3.8, 4) is 0 Å². The molecule has 11 heteroatoms. The van der Waals surface area contributed by atoms with Crippen molar-refractivity contribution in [2.24, 2.45) is 0 Å². The van der Waals surface area contributed by atoms with Crippen molar-refractivity contribution in [3.63, 3.8) is 0 Å². The zero-order valence-corrected chi connectivity index (χ0v) is 19.2. The summed E-state index contributed by atoms with van der Waals surface area (Å²) in [4.78, 5) is 4.09. The molecule has 0 bridgehead atoms. The summed E-state index contributed by atoms with van der Waals surface area (Å²) >= 11 is 0. The molecule has 8 nitrogen and oxygen atoms in total. The molecule has 0 spiro atoms. The van der Waals surface area contributed by atoms with Crippen molar-refractivity contribution in [2.75, 3.05) is 37.7 Å². The number of hydrogen-bond donors (Lipinski definition) is 0. The molecule has 29 heavy (non-hydrogen) atoms. The summed E-state index contributed by atoms with van der Waals surface area (Å²) in [6, 6.07) is 0. The van der Waals surface area contributed by atoms with Gasteiger partial charge in [0.1, 0.15) is 0 Å². The number of allylic oxidation sites excluding steroid dienone is 6. The van der Waals surface area contributed by atoms with Crippen molar-refractivity contribution in [1.29, 1.82) is 0 Å². The quantitative estimate of drug-likeness (QED) is 0.366. The summed E-state index contributed by atoms with van der Waals surface area (Å²) in [6.07, 6.45) is 12.7. The molecule has 0 aromatic rings. The van der Waals surface area contributed by atoms with Crippen LogP contribution in [0, 0.1) is 0 Å². The average molecular weight is 496 g/mol. The van der Waals surface area contributed by atoms with Crippen LogP contribution < -0.4 is 0 Å². The van der Waals surface area contributed by atoms with E-state index in [0.717, 1.165) is 24.5 Å². The van der Waals surface area contributed by atoms with Crippen LogP contribution in [0.2, 0.25) is 0 Å². The maximum atomic E-state index is 10.4. The second kappa shape index (κ2) is 13.3. The first kappa shape index (κ1) is 27.9. The Morgan fingerprint density at radius 2 is 1.14 bits per heavy atom. The van der Waals surface area contributed by atoms with E-state index in [1.807, 2.05) is 60.1 Å². The van der Waals surface area contributed by atoms with Crippen molar-refractivity contribution in [2.45, 2.75) is 26.7 Å². The van der Waals surface area contributed by atoms with E-state index < -0.39 is 20.2 Å². The Labute approximate surface area is 185 Å². The summed E-state index contributed by atoms with van der Waals surface area (Å²) in [7, 11) is -8.11. The van der Waals surface area contributed by atoms with Crippen LogP contribution in [0.4, 0.5) is 0 Å². The number of nitrogens with zero attached hydrogens (tertiary/aromatic N) is 2. The third-order valence-corrected chi connectivity index (χ3v) is 5.82. The molecule has 2 heterocycles. The largest absolute Gasteiger partial charge is 2.00 e. The summed E-state index contributed by atoms with van der Waals surface area (Å²) in [6.45, 7) is 6.76. The topological polar surface area (TPSA) is 121 Å². The van der Waals surface area contributed by atoms with Crippen LogP contribution >= 0.6 is 0 Å². The molecule has 0 aromatic carbocycles. The summed E-state index contributed by atoms with van der Waals surface area (Å²) < 4.78 is 62.1. The minimum absolute atomic E-state index is 0.